The molecular formula is C23H25NO. The first-order valence-corrected chi connectivity index (χ1v) is 9.36. The Balaban J connectivity index is 1.44. The van der Waals surface area contributed by atoms with Gasteiger partial charge in [-0.1, -0.05) is 48.5 Å². The van der Waals surface area contributed by atoms with Crippen molar-refractivity contribution in [1.82, 2.24) is 0 Å². The zero-order valence-electron chi connectivity index (χ0n) is 14.8. The van der Waals surface area contributed by atoms with Crippen molar-refractivity contribution in [1.29, 1.82) is 0 Å². The number of aryl methyl sites for hydroxylation is 1. The molecule has 1 N–H and O–H groups in total. The van der Waals surface area contributed by atoms with Crippen LogP contribution in [0.25, 0.3) is 5.57 Å². The summed E-state index contributed by atoms with van der Waals surface area (Å²) in [6.07, 6.45) is 7.73. The zero-order valence-corrected chi connectivity index (χ0v) is 14.8. The summed E-state index contributed by atoms with van der Waals surface area (Å²) in [4.78, 5) is 12.7. The van der Waals surface area contributed by atoms with Gasteiger partial charge in [0.1, 0.15) is 0 Å². The summed E-state index contributed by atoms with van der Waals surface area (Å²) in [5.41, 5.74) is 6.10. The molecule has 4 rings (SSSR count). The predicted octanol–water partition coefficient (Wildman–Crippen LogP) is 5.69. The van der Waals surface area contributed by atoms with Gasteiger partial charge in [0.2, 0.25) is 5.91 Å². The summed E-state index contributed by atoms with van der Waals surface area (Å²) in [5.74, 6) is 0.999. The Morgan fingerprint density at radius 2 is 1.76 bits per heavy atom. The van der Waals surface area contributed by atoms with Gasteiger partial charge in [0.05, 0.1) is 0 Å². The lowest BCUT2D eigenvalue weighted by Gasteiger charge is -2.23. The highest BCUT2D eigenvalue weighted by Crippen LogP contribution is 2.40. The molecule has 0 aliphatic heterocycles. The smallest absolute Gasteiger partial charge is 0.227 e. The molecule has 0 heterocycles. The number of anilines is 1. The molecule has 0 aromatic heterocycles. The molecule has 1 amide bonds. The number of hydrogen-bond donors (Lipinski definition) is 1. The number of nitrogens with one attached hydrogen (secondary N) is 1. The Bertz CT molecular complexity index is 799. The Morgan fingerprint density at radius 1 is 1.00 bits per heavy atom. The Labute approximate surface area is 150 Å². The molecule has 2 aliphatic rings. The summed E-state index contributed by atoms with van der Waals surface area (Å²) in [5, 5.41) is 3.12. The number of hydrogen-bond acceptors (Lipinski definition) is 1. The van der Waals surface area contributed by atoms with Crippen LogP contribution in [0.3, 0.4) is 0 Å². The molecule has 0 bridgehead atoms. The van der Waals surface area contributed by atoms with E-state index in [2.05, 4.69) is 35.7 Å². The normalized spacial score (nSPS) is 20.0. The minimum atomic E-state index is 0.0581. The van der Waals surface area contributed by atoms with Crippen molar-refractivity contribution < 1.29 is 4.79 Å². The van der Waals surface area contributed by atoms with Gasteiger partial charge in [-0.2, -0.15) is 0 Å². The maximum atomic E-state index is 12.7. The van der Waals surface area contributed by atoms with Crippen LogP contribution in [0.5, 0.6) is 0 Å². The van der Waals surface area contributed by atoms with Crippen molar-refractivity contribution in [2.75, 3.05) is 5.32 Å². The second kappa shape index (κ2) is 6.87. The molecule has 2 aromatic carbocycles. The van der Waals surface area contributed by atoms with Gasteiger partial charge in [0.15, 0.2) is 0 Å². The lowest BCUT2D eigenvalue weighted by molar-refractivity contribution is -0.120. The standard InChI is InChI=1S/C23H25NO/c1-16-5-2-3-8-22(16)24-23(25)21-7-4-6-20(15-21)19-13-11-18(12-14-19)17-9-10-17/h2-3,5-6,8,11-14,17,21H,4,7,9-10,15H2,1H3,(H,24,25). The van der Waals surface area contributed by atoms with Crippen molar-refractivity contribution in [2.24, 2.45) is 5.92 Å². The molecule has 0 spiro atoms. The third kappa shape index (κ3) is 3.68. The maximum absolute atomic E-state index is 12.7. The van der Waals surface area contributed by atoms with Crippen LogP contribution in [0.2, 0.25) is 0 Å². The van der Waals surface area contributed by atoms with Crippen molar-refractivity contribution in [3.8, 4) is 0 Å². The lowest BCUT2D eigenvalue weighted by atomic mass is 9.84. The van der Waals surface area contributed by atoms with Crippen LogP contribution in [0.1, 0.15) is 54.7 Å². The van der Waals surface area contributed by atoms with E-state index in [9.17, 15) is 4.79 Å². The Morgan fingerprint density at radius 3 is 2.48 bits per heavy atom. The van der Waals surface area contributed by atoms with Crippen LogP contribution in [-0.4, -0.2) is 5.91 Å². The highest BCUT2D eigenvalue weighted by atomic mass is 16.1. The van der Waals surface area contributed by atoms with Gasteiger partial charge in [-0.15, -0.1) is 0 Å². The summed E-state index contributed by atoms with van der Waals surface area (Å²) in [6.45, 7) is 2.03. The number of carbonyl (C=O) groups is 1. The van der Waals surface area contributed by atoms with Gasteiger partial charge in [0.25, 0.3) is 0 Å². The van der Waals surface area contributed by atoms with Crippen LogP contribution < -0.4 is 5.32 Å². The van der Waals surface area contributed by atoms with E-state index in [1.807, 2.05) is 31.2 Å². The van der Waals surface area contributed by atoms with Crippen molar-refractivity contribution in [3.63, 3.8) is 0 Å². The predicted molar refractivity (Wildman–Crippen MR) is 104 cm³/mol. The summed E-state index contributed by atoms with van der Waals surface area (Å²) in [7, 11) is 0. The van der Waals surface area contributed by atoms with E-state index in [1.54, 1.807) is 0 Å². The first-order valence-electron chi connectivity index (χ1n) is 9.36. The fourth-order valence-corrected chi connectivity index (χ4v) is 3.70. The maximum Gasteiger partial charge on any atom is 0.227 e. The largest absolute Gasteiger partial charge is 0.326 e. The lowest BCUT2D eigenvalue weighted by Crippen LogP contribution is -2.25. The van der Waals surface area contributed by atoms with Gasteiger partial charge in [-0.3, -0.25) is 4.79 Å². The number of benzene rings is 2. The number of amides is 1. The molecule has 2 aromatic rings. The molecular weight excluding hydrogens is 306 g/mol. The topological polar surface area (TPSA) is 29.1 Å². The Hall–Kier alpha value is -2.35. The third-order valence-corrected chi connectivity index (χ3v) is 5.48. The van der Waals surface area contributed by atoms with Gasteiger partial charge in [0, 0.05) is 11.6 Å². The van der Waals surface area contributed by atoms with E-state index in [0.717, 1.165) is 36.4 Å². The molecule has 0 saturated heterocycles. The first kappa shape index (κ1) is 16.1. The SMILES string of the molecule is Cc1ccccc1NC(=O)C1CCC=C(c2ccc(C3CC3)cc2)C1. The second-order valence-corrected chi connectivity index (χ2v) is 7.41. The van der Waals surface area contributed by atoms with Crippen molar-refractivity contribution in [2.45, 2.75) is 44.9 Å². The first-order chi connectivity index (χ1) is 12.2. The minimum Gasteiger partial charge on any atom is -0.326 e. The monoisotopic (exact) mass is 331 g/mol. The van der Waals surface area contributed by atoms with E-state index < -0.39 is 0 Å². The average molecular weight is 331 g/mol. The van der Waals surface area contributed by atoms with Gasteiger partial charge in [-0.25, -0.2) is 0 Å². The van der Waals surface area contributed by atoms with E-state index >= 15 is 0 Å². The number of rotatable bonds is 4. The van der Waals surface area contributed by atoms with Crippen LogP contribution >= 0.6 is 0 Å². The number of carbonyl (C=O) groups excluding carboxylic acids is 1. The average Bonchev–Trinajstić information content (AvgIpc) is 3.49. The van der Waals surface area contributed by atoms with Crippen LogP contribution in [0.15, 0.2) is 54.6 Å². The van der Waals surface area contributed by atoms with Crippen molar-refractivity contribution >= 4 is 17.2 Å². The van der Waals surface area contributed by atoms with Gasteiger partial charge < -0.3 is 5.32 Å². The molecule has 1 saturated carbocycles. The molecule has 2 aliphatic carbocycles. The Kier molecular flexibility index (Phi) is 4.44. The zero-order chi connectivity index (χ0) is 17.2. The fourth-order valence-electron chi connectivity index (χ4n) is 3.70. The van der Waals surface area contributed by atoms with Crippen molar-refractivity contribution in [3.05, 3.63) is 71.3 Å². The summed E-state index contributed by atoms with van der Waals surface area (Å²) in [6, 6.07) is 17.0. The molecule has 2 nitrogen and oxygen atoms in total. The summed E-state index contributed by atoms with van der Waals surface area (Å²) >= 11 is 0. The van der Waals surface area contributed by atoms with Gasteiger partial charge in [-0.05, 0) is 73.3 Å². The number of para-hydroxylation sites is 1. The fraction of sp³-hybridized carbons (Fsp3) is 0.348. The quantitative estimate of drug-likeness (QED) is 0.765. The molecule has 128 valence electrons. The van der Waals surface area contributed by atoms with E-state index in [-0.39, 0.29) is 11.8 Å². The molecule has 0 radical (unpaired) electrons. The number of allylic oxidation sites excluding steroid dienone is 2. The molecule has 1 fully saturated rings. The van der Waals surface area contributed by atoms with Crippen LogP contribution in [-0.2, 0) is 4.79 Å². The van der Waals surface area contributed by atoms with E-state index in [4.69, 9.17) is 0 Å². The highest BCUT2D eigenvalue weighted by molar-refractivity contribution is 5.94. The van der Waals surface area contributed by atoms with E-state index in [0.29, 0.717) is 0 Å². The highest BCUT2D eigenvalue weighted by Gasteiger charge is 2.25. The third-order valence-electron chi connectivity index (χ3n) is 5.48. The summed E-state index contributed by atoms with van der Waals surface area (Å²) < 4.78 is 0. The van der Waals surface area contributed by atoms with E-state index in [1.165, 1.54) is 29.5 Å². The second-order valence-electron chi connectivity index (χ2n) is 7.41. The van der Waals surface area contributed by atoms with Crippen LogP contribution in [0, 0.1) is 12.8 Å². The molecule has 2 heteroatoms. The molecule has 1 atom stereocenters. The molecule has 1 unspecified atom stereocenters. The van der Waals surface area contributed by atoms with Crippen LogP contribution in [0.4, 0.5) is 5.69 Å². The van der Waals surface area contributed by atoms with Gasteiger partial charge >= 0.3 is 0 Å². The minimum absolute atomic E-state index is 0.0581. The molecule has 25 heavy (non-hydrogen) atoms.